The highest BCUT2D eigenvalue weighted by atomic mass is 16.4. The quantitative estimate of drug-likeness (QED) is 0.790. The van der Waals surface area contributed by atoms with Gasteiger partial charge in [0.05, 0.1) is 0 Å². The summed E-state index contributed by atoms with van der Waals surface area (Å²) in [6, 6.07) is 6.92. The number of urea groups is 1. The smallest absolute Gasteiger partial charge is 0.328 e. The van der Waals surface area contributed by atoms with Gasteiger partial charge in [-0.05, 0) is 36.6 Å². The molecule has 0 aliphatic rings. The molecule has 2 amide bonds. The van der Waals surface area contributed by atoms with Crippen LogP contribution in [0.4, 0.5) is 10.5 Å². The van der Waals surface area contributed by atoms with Crippen molar-refractivity contribution in [3.8, 4) is 0 Å². The summed E-state index contributed by atoms with van der Waals surface area (Å²) < 4.78 is 0. The minimum Gasteiger partial charge on any atom is -0.478 e. The Morgan fingerprint density at radius 2 is 2.10 bits per heavy atom. The first kappa shape index (κ1) is 16.8. The highest BCUT2D eigenvalue weighted by molar-refractivity contribution is 5.90. The molecule has 0 aliphatic heterocycles. The Balaban J connectivity index is 2.75. The second kappa shape index (κ2) is 8.09. The number of carboxylic acids is 1. The van der Waals surface area contributed by atoms with Gasteiger partial charge in [-0.3, -0.25) is 0 Å². The normalized spacial score (nSPS) is 10.9. The van der Waals surface area contributed by atoms with Crippen LogP contribution in [-0.4, -0.2) is 35.1 Å². The molecule has 5 heteroatoms. The van der Waals surface area contributed by atoms with E-state index < -0.39 is 5.97 Å². The Morgan fingerprint density at radius 3 is 2.67 bits per heavy atom. The lowest BCUT2D eigenvalue weighted by Gasteiger charge is -2.23. The maximum Gasteiger partial charge on any atom is 0.328 e. The van der Waals surface area contributed by atoms with E-state index in [4.69, 9.17) is 5.11 Å². The van der Waals surface area contributed by atoms with Gasteiger partial charge in [0.25, 0.3) is 0 Å². The van der Waals surface area contributed by atoms with E-state index in [1.165, 1.54) is 6.08 Å². The number of amides is 2. The SMILES string of the molecule is CCN(CC(C)C)C(=O)Nc1cccc(/C=C/C(=O)O)c1. The predicted octanol–water partition coefficient (Wildman–Crippen LogP) is 3.29. The third-order valence-corrected chi connectivity index (χ3v) is 2.81. The highest BCUT2D eigenvalue weighted by Crippen LogP contribution is 2.13. The summed E-state index contributed by atoms with van der Waals surface area (Å²) in [5.74, 6) is -0.598. The van der Waals surface area contributed by atoms with Crippen molar-refractivity contribution in [2.45, 2.75) is 20.8 Å². The van der Waals surface area contributed by atoms with Crippen molar-refractivity contribution >= 4 is 23.8 Å². The Bertz CT molecular complexity index is 524. The van der Waals surface area contributed by atoms with E-state index in [1.807, 2.05) is 6.92 Å². The molecule has 5 nitrogen and oxygen atoms in total. The predicted molar refractivity (Wildman–Crippen MR) is 84.2 cm³/mol. The zero-order valence-corrected chi connectivity index (χ0v) is 12.7. The summed E-state index contributed by atoms with van der Waals surface area (Å²) in [6.07, 6.45) is 2.56. The van der Waals surface area contributed by atoms with Crippen LogP contribution < -0.4 is 5.32 Å². The van der Waals surface area contributed by atoms with Gasteiger partial charge in [0.1, 0.15) is 0 Å². The van der Waals surface area contributed by atoms with Gasteiger partial charge >= 0.3 is 12.0 Å². The van der Waals surface area contributed by atoms with Crippen LogP contribution in [-0.2, 0) is 4.79 Å². The molecule has 2 N–H and O–H groups in total. The number of carboxylic acid groups (broad SMARTS) is 1. The van der Waals surface area contributed by atoms with E-state index in [0.717, 1.165) is 11.6 Å². The molecule has 0 spiro atoms. The van der Waals surface area contributed by atoms with Gasteiger partial charge in [0.15, 0.2) is 0 Å². The van der Waals surface area contributed by atoms with Crippen LogP contribution >= 0.6 is 0 Å². The minimum atomic E-state index is -1.00. The lowest BCUT2D eigenvalue weighted by Crippen LogP contribution is -2.37. The van der Waals surface area contributed by atoms with Crippen LogP contribution in [0, 0.1) is 5.92 Å². The molecule has 1 rings (SSSR count). The molecule has 0 saturated carbocycles. The van der Waals surface area contributed by atoms with E-state index in [0.29, 0.717) is 24.7 Å². The molecule has 0 unspecified atom stereocenters. The summed E-state index contributed by atoms with van der Waals surface area (Å²) in [7, 11) is 0. The van der Waals surface area contributed by atoms with Crippen LogP contribution in [0.5, 0.6) is 0 Å². The maximum atomic E-state index is 12.2. The number of nitrogens with one attached hydrogen (secondary N) is 1. The van der Waals surface area contributed by atoms with Crippen molar-refractivity contribution in [2.75, 3.05) is 18.4 Å². The number of carbonyl (C=O) groups is 2. The number of hydrogen-bond acceptors (Lipinski definition) is 2. The van der Waals surface area contributed by atoms with Gasteiger partial charge in [0.2, 0.25) is 0 Å². The van der Waals surface area contributed by atoms with Crippen molar-refractivity contribution in [2.24, 2.45) is 5.92 Å². The van der Waals surface area contributed by atoms with Crippen LogP contribution in [0.25, 0.3) is 6.08 Å². The van der Waals surface area contributed by atoms with Crippen LogP contribution in [0.3, 0.4) is 0 Å². The maximum absolute atomic E-state index is 12.2. The van der Waals surface area contributed by atoms with Gasteiger partial charge in [0, 0.05) is 24.9 Å². The van der Waals surface area contributed by atoms with E-state index in [9.17, 15) is 9.59 Å². The third kappa shape index (κ3) is 6.12. The van der Waals surface area contributed by atoms with Gasteiger partial charge in [-0.15, -0.1) is 0 Å². The molecule has 0 aliphatic carbocycles. The molecule has 1 aromatic rings. The first-order chi connectivity index (χ1) is 9.92. The number of aliphatic carboxylic acids is 1. The molecular weight excluding hydrogens is 268 g/mol. The topological polar surface area (TPSA) is 69.6 Å². The highest BCUT2D eigenvalue weighted by Gasteiger charge is 2.12. The summed E-state index contributed by atoms with van der Waals surface area (Å²) in [5, 5.41) is 11.4. The lowest BCUT2D eigenvalue weighted by molar-refractivity contribution is -0.131. The Morgan fingerprint density at radius 1 is 1.38 bits per heavy atom. The number of hydrogen-bond donors (Lipinski definition) is 2. The second-order valence-electron chi connectivity index (χ2n) is 5.16. The standard InChI is InChI=1S/C16H22N2O3/c1-4-18(11-12(2)3)16(21)17-14-7-5-6-13(10-14)8-9-15(19)20/h5-10,12H,4,11H2,1-3H3,(H,17,21)(H,19,20)/b9-8+. The number of nitrogens with zero attached hydrogens (tertiary/aromatic N) is 1. The fourth-order valence-electron chi connectivity index (χ4n) is 1.89. The summed E-state index contributed by atoms with van der Waals surface area (Å²) in [4.78, 5) is 24.4. The first-order valence-corrected chi connectivity index (χ1v) is 6.99. The molecule has 0 aromatic heterocycles. The van der Waals surface area contributed by atoms with Crippen LogP contribution in [0.1, 0.15) is 26.3 Å². The zero-order valence-electron chi connectivity index (χ0n) is 12.7. The molecular formula is C16H22N2O3. The summed E-state index contributed by atoms with van der Waals surface area (Å²) in [6.45, 7) is 7.40. The van der Waals surface area contributed by atoms with Crippen LogP contribution in [0.2, 0.25) is 0 Å². The fraction of sp³-hybridized carbons (Fsp3) is 0.375. The zero-order chi connectivity index (χ0) is 15.8. The second-order valence-corrected chi connectivity index (χ2v) is 5.16. The first-order valence-electron chi connectivity index (χ1n) is 6.99. The fourth-order valence-corrected chi connectivity index (χ4v) is 1.89. The van der Waals surface area contributed by atoms with E-state index >= 15 is 0 Å². The van der Waals surface area contributed by atoms with E-state index in [1.54, 1.807) is 29.2 Å². The molecule has 0 heterocycles. The average Bonchev–Trinajstić information content (AvgIpc) is 2.42. The molecule has 21 heavy (non-hydrogen) atoms. The molecule has 0 fully saturated rings. The Labute approximate surface area is 125 Å². The molecule has 114 valence electrons. The minimum absolute atomic E-state index is 0.148. The molecule has 0 radical (unpaired) electrons. The largest absolute Gasteiger partial charge is 0.478 e. The average molecular weight is 290 g/mol. The van der Waals surface area contributed by atoms with Crippen LogP contribution in [0.15, 0.2) is 30.3 Å². The van der Waals surface area contributed by atoms with E-state index in [2.05, 4.69) is 19.2 Å². The van der Waals surface area contributed by atoms with Crippen molar-refractivity contribution in [3.05, 3.63) is 35.9 Å². The van der Waals surface area contributed by atoms with Crippen molar-refractivity contribution in [3.63, 3.8) is 0 Å². The monoisotopic (exact) mass is 290 g/mol. The van der Waals surface area contributed by atoms with Gasteiger partial charge in [-0.25, -0.2) is 9.59 Å². The van der Waals surface area contributed by atoms with Gasteiger partial charge < -0.3 is 15.3 Å². The van der Waals surface area contributed by atoms with Crippen molar-refractivity contribution in [1.82, 2.24) is 4.90 Å². The van der Waals surface area contributed by atoms with Gasteiger partial charge in [-0.2, -0.15) is 0 Å². The molecule has 0 saturated heterocycles. The number of benzene rings is 1. The molecule has 0 bridgehead atoms. The third-order valence-electron chi connectivity index (χ3n) is 2.81. The van der Waals surface area contributed by atoms with Crippen molar-refractivity contribution in [1.29, 1.82) is 0 Å². The summed E-state index contributed by atoms with van der Waals surface area (Å²) >= 11 is 0. The van der Waals surface area contributed by atoms with Crippen molar-refractivity contribution < 1.29 is 14.7 Å². The number of carbonyl (C=O) groups excluding carboxylic acids is 1. The van der Waals surface area contributed by atoms with Gasteiger partial charge in [-0.1, -0.05) is 26.0 Å². The Kier molecular flexibility index (Phi) is 6.46. The van der Waals surface area contributed by atoms with E-state index in [-0.39, 0.29) is 6.03 Å². The summed E-state index contributed by atoms with van der Waals surface area (Å²) in [5.41, 5.74) is 1.37. The molecule has 0 atom stereocenters. The Hall–Kier alpha value is -2.30. The number of anilines is 1. The number of rotatable bonds is 6. The lowest BCUT2D eigenvalue weighted by atomic mass is 10.2. The molecule has 1 aromatic carbocycles.